The lowest BCUT2D eigenvalue weighted by atomic mass is 9.79. The monoisotopic (exact) mass is 578 g/mol. The zero-order chi connectivity index (χ0) is 26.1. The van der Waals surface area contributed by atoms with Crippen molar-refractivity contribution >= 4 is 39.0 Å². The van der Waals surface area contributed by atoms with Crippen LogP contribution in [-0.4, -0.2) is 26.7 Å². The number of rotatable bonds is 8. The molecule has 1 saturated heterocycles. The Labute approximate surface area is 219 Å². The molecule has 0 spiro atoms. The van der Waals surface area contributed by atoms with E-state index in [0.717, 1.165) is 15.5 Å². The largest absolute Gasteiger partial charge is 0.494 e. The highest BCUT2D eigenvalue weighted by molar-refractivity contribution is 9.10. The van der Waals surface area contributed by atoms with Crippen LogP contribution < -0.4 is 19.1 Å². The molecular formula is C25H25BBrFO7S. The molecule has 3 aromatic carbocycles. The molecule has 0 N–H and O–H groups in total. The summed E-state index contributed by atoms with van der Waals surface area (Å²) < 4.78 is 63.6. The van der Waals surface area contributed by atoms with Gasteiger partial charge in [-0.05, 0) is 81.7 Å². The molecule has 3 aromatic rings. The summed E-state index contributed by atoms with van der Waals surface area (Å²) >= 11 is 3.46. The van der Waals surface area contributed by atoms with E-state index >= 15 is 0 Å². The van der Waals surface area contributed by atoms with Crippen LogP contribution in [0.1, 0.15) is 39.5 Å². The number of hydrogen-bond donors (Lipinski definition) is 0. The van der Waals surface area contributed by atoms with Crippen molar-refractivity contribution in [1.82, 2.24) is 0 Å². The van der Waals surface area contributed by atoms with Gasteiger partial charge < -0.3 is 23.0 Å². The second-order valence-corrected chi connectivity index (χ2v) is 11.1. The molecule has 0 radical (unpaired) electrons. The summed E-state index contributed by atoms with van der Waals surface area (Å²) in [5.41, 5.74) is 0.702. The lowest BCUT2D eigenvalue weighted by Gasteiger charge is -2.32. The predicted molar refractivity (Wildman–Crippen MR) is 137 cm³/mol. The van der Waals surface area contributed by atoms with Gasteiger partial charge in [-0.15, -0.1) is 0 Å². The fraction of sp³-hybridized carbons (Fsp3) is 0.280. The molecule has 36 heavy (non-hydrogen) atoms. The highest BCUT2D eigenvalue weighted by atomic mass is 79.9. The third-order valence-electron chi connectivity index (χ3n) is 6.03. The van der Waals surface area contributed by atoms with Crippen LogP contribution in [0.2, 0.25) is 0 Å². The maximum absolute atomic E-state index is 12.8. The van der Waals surface area contributed by atoms with E-state index in [1.54, 1.807) is 12.1 Å². The molecule has 1 unspecified atom stereocenters. The standard InChI is InChI=1S/C25H25BBrFO7S/c1-24(2)25(3,4)35-26(34-24)18-8-10-20(11-9-18)31-23(17-6-5-7-19(27)16-17)32-21-12-14-22(15-13-21)33-36(28,29)30/h5-16,23H,1-4H3. The number of halogens is 2. The number of ether oxygens (including phenoxy) is 2. The Morgan fingerprint density at radius 2 is 1.33 bits per heavy atom. The molecule has 0 amide bonds. The van der Waals surface area contributed by atoms with Gasteiger partial charge >= 0.3 is 17.6 Å². The summed E-state index contributed by atoms with van der Waals surface area (Å²) in [6.07, 6.45) is -0.845. The first-order chi connectivity index (χ1) is 16.8. The van der Waals surface area contributed by atoms with E-state index in [1.165, 1.54) is 24.3 Å². The molecule has 7 nitrogen and oxygen atoms in total. The topological polar surface area (TPSA) is 80.3 Å². The molecule has 1 heterocycles. The normalized spacial score (nSPS) is 17.4. The van der Waals surface area contributed by atoms with Crippen LogP contribution in [0, 0.1) is 0 Å². The minimum Gasteiger partial charge on any atom is -0.451 e. The van der Waals surface area contributed by atoms with Crippen molar-refractivity contribution in [3.05, 3.63) is 82.8 Å². The van der Waals surface area contributed by atoms with Gasteiger partial charge in [0.1, 0.15) is 17.2 Å². The fourth-order valence-electron chi connectivity index (χ4n) is 3.43. The SMILES string of the molecule is CC1(C)OB(c2ccc(OC(Oc3ccc(OS(=O)(=O)F)cc3)c3cccc(Br)c3)cc2)OC1(C)C. The molecule has 1 fully saturated rings. The predicted octanol–water partition coefficient (Wildman–Crippen LogP) is 5.50. The van der Waals surface area contributed by atoms with Gasteiger partial charge in [0.05, 0.1) is 11.2 Å². The molecular weight excluding hydrogens is 554 g/mol. The molecule has 190 valence electrons. The molecule has 0 bridgehead atoms. The maximum Gasteiger partial charge on any atom is 0.494 e. The van der Waals surface area contributed by atoms with Crippen LogP contribution in [0.5, 0.6) is 17.2 Å². The summed E-state index contributed by atoms with van der Waals surface area (Å²) in [6, 6.07) is 20.3. The Hall–Kier alpha value is -2.60. The molecule has 1 aliphatic rings. The van der Waals surface area contributed by atoms with Gasteiger partial charge in [0.25, 0.3) is 6.29 Å². The van der Waals surface area contributed by atoms with Crippen molar-refractivity contribution in [2.45, 2.75) is 45.2 Å². The van der Waals surface area contributed by atoms with Crippen LogP contribution in [-0.2, 0) is 19.8 Å². The Morgan fingerprint density at radius 3 is 1.83 bits per heavy atom. The minimum atomic E-state index is -5.11. The third-order valence-corrected chi connectivity index (χ3v) is 6.92. The fourth-order valence-corrected chi connectivity index (χ4v) is 4.19. The van der Waals surface area contributed by atoms with E-state index in [9.17, 15) is 12.3 Å². The van der Waals surface area contributed by atoms with E-state index in [4.69, 9.17) is 18.8 Å². The Morgan fingerprint density at radius 1 is 0.833 bits per heavy atom. The zero-order valence-electron chi connectivity index (χ0n) is 20.1. The Kier molecular flexibility index (Phi) is 7.39. The Bertz CT molecular complexity index is 1300. The van der Waals surface area contributed by atoms with Gasteiger partial charge in [-0.3, -0.25) is 0 Å². The zero-order valence-corrected chi connectivity index (χ0v) is 22.5. The second kappa shape index (κ2) is 10.0. The lowest BCUT2D eigenvalue weighted by Crippen LogP contribution is -2.41. The summed E-state index contributed by atoms with van der Waals surface area (Å²) in [5.74, 6) is 0.726. The molecule has 0 aromatic heterocycles. The molecule has 0 saturated carbocycles. The molecule has 1 aliphatic heterocycles. The van der Waals surface area contributed by atoms with Gasteiger partial charge in [-0.25, -0.2) is 0 Å². The van der Waals surface area contributed by atoms with E-state index in [1.807, 2.05) is 64.1 Å². The maximum atomic E-state index is 12.8. The first kappa shape index (κ1) is 26.5. The summed E-state index contributed by atoms with van der Waals surface area (Å²) in [6.45, 7) is 8.00. The third kappa shape index (κ3) is 6.39. The summed E-state index contributed by atoms with van der Waals surface area (Å²) in [4.78, 5) is 0. The highest BCUT2D eigenvalue weighted by Crippen LogP contribution is 2.36. The van der Waals surface area contributed by atoms with Crippen molar-refractivity contribution in [2.75, 3.05) is 0 Å². The highest BCUT2D eigenvalue weighted by Gasteiger charge is 2.51. The van der Waals surface area contributed by atoms with Crippen LogP contribution >= 0.6 is 15.9 Å². The van der Waals surface area contributed by atoms with Gasteiger partial charge in [0, 0.05) is 10.0 Å². The Balaban J connectivity index is 1.52. The molecule has 0 aliphatic carbocycles. The van der Waals surface area contributed by atoms with Gasteiger partial charge in [-0.1, -0.05) is 44.1 Å². The summed E-state index contributed by atoms with van der Waals surface area (Å²) in [7, 11) is -5.60. The van der Waals surface area contributed by atoms with Gasteiger partial charge in [0.15, 0.2) is 0 Å². The van der Waals surface area contributed by atoms with Crippen LogP contribution in [0.15, 0.2) is 77.3 Å². The second-order valence-electron chi connectivity index (χ2n) is 9.23. The van der Waals surface area contributed by atoms with Crippen LogP contribution in [0.25, 0.3) is 0 Å². The first-order valence-electron chi connectivity index (χ1n) is 11.1. The molecule has 1 atom stereocenters. The van der Waals surface area contributed by atoms with Crippen molar-refractivity contribution in [2.24, 2.45) is 0 Å². The van der Waals surface area contributed by atoms with Crippen molar-refractivity contribution in [1.29, 1.82) is 0 Å². The van der Waals surface area contributed by atoms with Crippen molar-refractivity contribution in [3.8, 4) is 17.2 Å². The van der Waals surface area contributed by atoms with Gasteiger partial charge in [0.2, 0.25) is 0 Å². The quantitative estimate of drug-likeness (QED) is 0.198. The molecule has 4 rings (SSSR count). The number of benzene rings is 3. The van der Waals surface area contributed by atoms with Crippen molar-refractivity contribution < 1.29 is 35.3 Å². The average Bonchev–Trinajstić information content (AvgIpc) is 3.01. The lowest BCUT2D eigenvalue weighted by molar-refractivity contribution is 0.00376. The van der Waals surface area contributed by atoms with Crippen LogP contribution in [0.3, 0.4) is 0 Å². The molecule has 11 heteroatoms. The van der Waals surface area contributed by atoms with Crippen LogP contribution in [0.4, 0.5) is 3.89 Å². The van der Waals surface area contributed by atoms with Crippen molar-refractivity contribution in [3.63, 3.8) is 0 Å². The smallest absolute Gasteiger partial charge is 0.451 e. The van der Waals surface area contributed by atoms with E-state index in [-0.39, 0.29) is 5.75 Å². The number of hydrogen-bond acceptors (Lipinski definition) is 7. The van der Waals surface area contributed by atoms with E-state index in [2.05, 4.69) is 20.1 Å². The summed E-state index contributed by atoms with van der Waals surface area (Å²) in [5, 5.41) is 0. The first-order valence-corrected chi connectivity index (χ1v) is 13.2. The van der Waals surface area contributed by atoms with Gasteiger partial charge in [-0.2, -0.15) is 8.42 Å². The average molecular weight is 579 g/mol. The minimum absolute atomic E-state index is 0.178. The van der Waals surface area contributed by atoms with E-state index < -0.39 is 35.1 Å². The van der Waals surface area contributed by atoms with E-state index in [0.29, 0.717) is 11.5 Å².